The van der Waals surface area contributed by atoms with Gasteiger partial charge in [-0.05, 0) is 37.5 Å². The third-order valence-electron chi connectivity index (χ3n) is 4.79. The van der Waals surface area contributed by atoms with Crippen LogP contribution in [0.5, 0.6) is 0 Å². The highest BCUT2D eigenvalue weighted by atomic mass is 32.2. The van der Waals surface area contributed by atoms with Gasteiger partial charge < -0.3 is 4.90 Å². The number of benzene rings is 1. The molecule has 0 aliphatic carbocycles. The maximum absolute atomic E-state index is 13.0. The van der Waals surface area contributed by atoms with Crippen molar-refractivity contribution in [2.45, 2.75) is 50.9 Å². The van der Waals surface area contributed by atoms with Crippen LogP contribution in [0, 0.1) is 0 Å². The molecule has 0 bridgehead atoms. The molecule has 2 fully saturated rings. The van der Waals surface area contributed by atoms with E-state index < -0.39 is 5.54 Å². The fourth-order valence-corrected chi connectivity index (χ4v) is 4.42. The van der Waals surface area contributed by atoms with Crippen LogP contribution in [-0.2, 0) is 4.79 Å². The van der Waals surface area contributed by atoms with E-state index in [9.17, 15) is 4.79 Å². The van der Waals surface area contributed by atoms with Crippen molar-refractivity contribution in [1.29, 1.82) is 0 Å². The van der Waals surface area contributed by atoms with Gasteiger partial charge in [0.15, 0.2) is 0 Å². The van der Waals surface area contributed by atoms with Crippen LogP contribution in [0.15, 0.2) is 30.3 Å². The van der Waals surface area contributed by atoms with Crippen molar-refractivity contribution in [1.82, 2.24) is 10.2 Å². The molecule has 3 atom stereocenters. The predicted octanol–water partition coefficient (Wildman–Crippen LogP) is 3.18. The first kappa shape index (κ1) is 14.9. The van der Waals surface area contributed by atoms with Gasteiger partial charge in [0.1, 0.15) is 6.17 Å². The highest BCUT2D eigenvalue weighted by Crippen LogP contribution is 2.37. The van der Waals surface area contributed by atoms with Gasteiger partial charge in [-0.15, -0.1) is 0 Å². The summed E-state index contributed by atoms with van der Waals surface area (Å²) in [6, 6.07) is 10.7. The van der Waals surface area contributed by atoms with E-state index in [1.807, 2.05) is 24.8 Å². The molecule has 2 saturated heterocycles. The summed E-state index contributed by atoms with van der Waals surface area (Å²) in [6.45, 7) is 4.13. The highest BCUT2D eigenvalue weighted by Gasteiger charge is 2.49. The molecular formula is C17H24N2OS. The second-order valence-electron chi connectivity index (χ2n) is 6.23. The third kappa shape index (κ3) is 2.71. The number of carbonyl (C=O) groups excluding carboxylic acids is 1. The molecule has 1 aromatic carbocycles. The van der Waals surface area contributed by atoms with Crippen molar-refractivity contribution in [2.24, 2.45) is 0 Å². The van der Waals surface area contributed by atoms with Gasteiger partial charge in [-0.2, -0.15) is 11.8 Å². The minimum Gasteiger partial charge on any atom is -0.317 e. The van der Waals surface area contributed by atoms with Crippen molar-refractivity contribution in [2.75, 3.05) is 11.5 Å². The molecule has 0 spiro atoms. The molecule has 3 rings (SSSR count). The van der Waals surface area contributed by atoms with Gasteiger partial charge in [-0.1, -0.05) is 37.3 Å². The standard InChI is InChI=1S/C17H24N2OS/c1-3-17(2)16(20)19(14-10-7-11-21-12-14)15(18-17)13-8-5-4-6-9-13/h4-6,8-9,14-15,18H,3,7,10-12H2,1-2H3. The molecule has 4 heteroatoms. The van der Waals surface area contributed by atoms with Gasteiger partial charge in [0, 0.05) is 11.8 Å². The fourth-order valence-electron chi connectivity index (χ4n) is 3.29. The summed E-state index contributed by atoms with van der Waals surface area (Å²) in [5, 5.41) is 3.60. The van der Waals surface area contributed by atoms with Crippen molar-refractivity contribution in [3.63, 3.8) is 0 Å². The van der Waals surface area contributed by atoms with E-state index in [1.54, 1.807) is 0 Å². The van der Waals surface area contributed by atoms with Crippen LogP contribution < -0.4 is 5.32 Å². The summed E-state index contributed by atoms with van der Waals surface area (Å²) in [5.74, 6) is 2.56. The van der Waals surface area contributed by atoms with Crippen LogP contribution >= 0.6 is 11.8 Å². The fraction of sp³-hybridized carbons (Fsp3) is 0.588. The average molecular weight is 304 g/mol. The van der Waals surface area contributed by atoms with E-state index in [0.29, 0.717) is 6.04 Å². The molecule has 0 radical (unpaired) electrons. The lowest BCUT2D eigenvalue weighted by Gasteiger charge is -2.35. The monoisotopic (exact) mass is 304 g/mol. The zero-order valence-electron chi connectivity index (χ0n) is 12.8. The Kier molecular flexibility index (Phi) is 4.27. The lowest BCUT2D eigenvalue weighted by atomic mass is 9.98. The number of rotatable bonds is 3. The molecule has 0 aromatic heterocycles. The Bertz CT molecular complexity index is 501. The molecule has 114 valence electrons. The highest BCUT2D eigenvalue weighted by molar-refractivity contribution is 7.99. The normalized spacial score (nSPS) is 33.4. The van der Waals surface area contributed by atoms with Gasteiger partial charge in [0.05, 0.1) is 5.54 Å². The lowest BCUT2D eigenvalue weighted by molar-refractivity contribution is -0.135. The number of carbonyl (C=O) groups is 1. The summed E-state index contributed by atoms with van der Waals surface area (Å²) in [7, 11) is 0. The zero-order chi connectivity index (χ0) is 14.9. The minimum absolute atomic E-state index is 0.0207. The molecule has 2 heterocycles. The number of nitrogens with one attached hydrogen (secondary N) is 1. The topological polar surface area (TPSA) is 32.3 Å². The van der Waals surface area contributed by atoms with Crippen molar-refractivity contribution in [3.8, 4) is 0 Å². The van der Waals surface area contributed by atoms with E-state index in [4.69, 9.17) is 0 Å². The Morgan fingerprint density at radius 1 is 1.38 bits per heavy atom. The average Bonchev–Trinajstić information content (AvgIpc) is 2.82. The van der Waals surface area contributed by atoms with Gasteiger partial charge >= 0.3 is 0 Å². The van der Waals surface area contributed by atoms with Crippen LogP contribution in [0.2, 0.25) is 0 Å². The Hall–Kier alpha value is -1.00. The Labute approximate surface area is 131 Å². The Balaban J connectivity index is 1.93. The molecule has 2 aliphatic rings. The van der Waals surface area contributed by atoms with Gasteiger partial charge in [-0.3, -0.25) is 10.1 Å². The van der Waals surface area contributed by atoms with E-state index in [1.165, 1.54) is 17.7 Å². The quantitative estimate of drug-likeness (QED) is 0.931. The third-order valence-corrected chi connectivity index (χ3v) is 5.99. The number of amides is 1. The maximum Gasteiger partial charge on any atom is 0.244 e. The van der Waals surface area contributed by atoms with Crippen molar-refractivity contribution >= 4 is 17.7 Å². The first-order valence-corrected chi connectivity index (χ1v) is 9.04. The molecule has 1 amide bonds. The number of thioether (sulfide) groups is 1. The number of nitrogens with zero attached hydrogens (tertiary/aromatic N) is 1. The Morgan fingerprint density at radius 2 is 2.14 bits per heavy atom. The first-order chi connectivity index (χ1) is 10.2. The smallest absolute Gasteiger partial charge is 0.244 e. The molecule has 21 heavy (non-hydrogen) atoms. The molecular weight excluding hydrogens is 280 g/mol. The van der Waals surface area contributed by atoms with Gasteiger partial charge in [0.2, 0.25) is 5.91 Å². The second kappa shape index (κ2) is 6.01. The molecule has 2 aliphatic heterocycles. The van der Waals surface area contributed by atoms with Gasteiger partial charge in [-0.25, -0.2) is 0 Å². The van der Waals surface area contributed by atoms with Crippen LogP contribution in [0.25, 0.3) is 0 Å². The molecule has 1 aromatic rings. The summed E-state index contributed by atoms with van der Waals surface area (Å²) in [5.41, 5.74) is 0.765. The van der Waals surface area contributed by atoms with Crippen LogP contribution in [0.4, 0.5) is 0 Å². The zero-order valence-corrected chi connectivity index (χ0v) is 13.7. The SMILES string of the molecule is CCC1(C)NC(c2ccccc2)N(C2CCCSC2)C1=O. The minimum atomic E-state index is -0.428. The number of hydrogen-bond acceptors (Lipinski definition) is 3. The molecule has 3 unspecified atom stereocenters. The van der Waals surface area contributed by atoms with Crippen molar-refractivity contribution < 1.29 is 4.79 Å². The summed E-state index contributed by atoms with van der Waals surface area (Å²) in [6.07, 6.45) is 3.19. The molecule has 3 nitrogen and oxygen atoms in total. The van der Waals surface area contributed by atoms with Gasteiger partial charge in [0.25, 0.3) is 0 Å². The summed E-state index contributed by atoms with van der Waals surface area (Å²) in [4.78, 5) is 15.1. The van der Waals surface area contributed by atoms with Crippen LogP contribution in [0.3, 0.4) is 0 Å². The Morgan fingerprint density at radius 3 is 2.76 bits per heavy atom. The summed E-state index contributed by atoms with van der Waals surface area (Å²) >= 11 is 1.98. The van der Waals surface area contributed by atoms with Crippen LogP contribution in [-0.4, -0.2) is 33.9 Å². The second-order valence-corrected chi connectivity index (χ2v) is 7.38. The largest absolute Gasteiger partial charge is 0.317 e. The van der Waals surface area contributed by atoms with Crippen molar-refractivity contribution in [3.05, 3.63) is 35.9 Å². The van der Waals surface area contributed by atoms with E-state index in [0.717, 1.165) is 18.6 Å². The molecule has 0 saturated carbocycles. The summed E-state index contributed by atoms with van der Waals surface area (Å²) < 4.78 is 0. The molecule has 1 N–H and O–H groups in total. The van der Waals surface area contributed by atoms with E-state index in [-0.39, 0.29) is 12.1 Å². The predicted molar refractivity (Wildman–Crippen MR) is 88.2 cm³/mol. The lowest BCUT2D eigenvalue weighted by Crippen LogP contribution is -2.46. The first-order valence-electron chi connectivity index (χ1n) is 7.89. The maximum atomic E-state index is 13.0. The number of hydrogen-bond donors (Lipinski definition) is 1. The van der Waals surface area contributed by atoms with E-state index in [2.05, 4.69) is 41.4 Å². The van der Waals surface area contributed by atoms with Crippen LogP contribution in [0.1, 0.15) is 44.8 Å². The van der Waals surface area contributed by atoms with E-state index >= 15 is 0 Å².